The van der Waals surface area contributed by atoms with Crippen molar-refractivity contribution in [3.8, 4) is 0 Å². The summed E-state index contributed by atoms with van der Waals surface area (Å²) in [5.41, 5.74) is 7.10. The zero-order chi connectivity index (χ0) is 15.5. The minimum atomic E-state index is -3.65. The van der Waals surface area contributed by atoms with Crippen LogP contribution in [0.5, 0.6) is 0 Å². The third-order valence-corrected chi connectivity index (χ3v) is 4.75. The average molecular weight is 308 g/mol. The zero-order valence-electron chi connectivity index (χ0n) is 11.6. The van der Waals surface area contributed by atoms with Crippen LogP contribution in [0.15, 0.2) is 47.4 Å². The van der Waals surface area contributed by atoms with Gasteiger partial charge in [-0.25, -0.2) is 17.5 Å². The molecule has 0 aliphatic rings. The predicted octanol–water partition coefficient (Wildman–Crippen LogP) is 2.24. The summed E-state index contributed by atoms with van der Waals surface area (Å²) in [5, 5.41) is 0. The molecule has 6 heteroatoms. The summed E-state index contributed by atoms with van der Waals surface area (Å²) in [7, 11) is -3.65. The van der Waals surface area contributed by atoms with Gasteiger partial charge in [-0.3, -0.25) is 0 Å². The molecule has 0 saturated heterocycles. The van der Waals surface area contributed by atoms with Crippen LogP contribution in [0.3, 0.4) is 0 Å². The molecular weight excluding hydrogens is 291 g/mol. The molecule has 2 aromatic carbocycles. The van der Waals surface area contributed by atoms with Gasteiger partial charge in [0.15, 0.2) is 0 Å². The quantitative estimate of drug-likeness (QED) is 0.832. The summed E-state index contributed by atoms with van der Waals surface area (Å²) in [4.78, 5) is 0.149. The molecule has 0 aliphatic carbocycles. The SMILES string of the molecule is Cc1ccc(N)cc1S(=O)(=O)NCCc1ccccc1F. The van der Waals surface area contributed by atoms with Crippen LogP contribution in [0.1, 0.15) is 11.1 Å². The van der Waals surface area contributed by atoms with E-state index in [1.54, 1.807) is 37.3 Å². The number of halogens is 1. The third-order valence-electron chi connectivity index (χ3n) is 3.15. The smallest absolute Gasteiger partial charge is 0.240 e. The number of benzene rings is 2. The van der Waals surface area contributed by atoms with Gasteiger partial charge in [-0.15, -0.1) is 0 Å². The Morgan fingerprint density at radius 1 is 1.19 bits per heavy atom. The molecule has 0 bridgehead atoms. The van der Waals surface area contributed by atoms with Crippen molar-refractivity contribution in [3.63, 3.8) is 0 Å². The molecule has 0 unspecified atom stereocenters. The van der Waals surface area contributed by atoms with Crippen LogP contribution >= 0.6 is 0 Å². The van der Waals surface area contributed by atoms with Gasteiger partial charge in [0.25, 0.3) is 0 Å². The van der Waals surface area contributed by atoms with Crippen LogP contribution in [0.2, 0.25) is 0 Å². The normalized spacial score (nSPS) is 11.5. The van der Waals surface area contributed by atoms with E-state index in [0.717, 1.165) is 0 Å². The van der Waals surface area contributed by atoms with Gasteiger partial charge in [0.05, 0.1) is 4.90 Å². The molecule has 0 spiro atoms. The van der Waals surface area contributed by atoms with Crippen molar-refractivity contribution in [2.75, 3.05) is 12.3 Å². The number of aryl methyl sites for hydroxylation is 1. The van der Waals surface area contributed by atoms with Crippen LogP contribution in [0.25, 0.3) is 0 Å². The Bertz CT molecular complexity index is 745. The molecule has 0 amide bonds. The van der Waals surface area contributed by atoms with Gasteiger partial charge in [0.1, 0.15) is 5.82 Å². The summed E-state index contributed by atoms with van der Waals surface area (Å²) in [6.07, 6.45) is 0.285. The van der Waals surface area contributed by atoms with E-state index in [0.29, 0.717) is 16.8 Å². The van der Waals surface area contributed by atoms with Crippen molar-refractivity contribution < 1.29 is 12.8 Å². The molecule has 0 fully saturated rings. The van der Waals surface area contributed by atoms with E-state index in [1.807, 2.05) is 0 Å². The first-order valence-electron chi connectivity index (χ1n) is 6.49. The highest BCUT2D eigenvalue weighted by Crippen LogP contribution is 2.18. The zero-order valence-corrected chi connectivity index (χ0v) is 12.5. The van der Waals surface area contributed by atoms with Crippen molar-refractivity contribution in [1.82, 2.24) is 4.72 Å². The average Bonchev–Trinajstić information content (AvgIpc) is 2.43. The molecule has 0 aliphatic heterocycles. The molecule has 2 aromatic rings. The fourth-order valence-electron chi connectivity index (χ4n) is 2.01. The number of anilines is 1. The van der Waals surface area contributed by atoms with Crippen LogP contribution in [-0.2, 0) is 16.4 Å². The minimum absolute atomic E-state index is 0.123. The van der Waals surface area contributed by atoms with Gasteiger partial charge in [-0.05, 0) is 42.7 Å². The van der Waals surface area contributed by atoms with E-state index < -0.39 is 10.0 Å². The predicted molar refractivity (Wildman–Crippen MR) is 80.9 cm³/mol. The number of rotatable bonds is 5. The van der Waals surface area contributed by atoms with E-state index in [1.165, 1.54) is 12.1 Å². The van der Waals surface area contributed by atoms with Gasteiger partial charge < -0.3 is 5.73 Å². The van der Waals surface area contributed by atoms with E-state index in [-0.39, 0.29) is 23.7 Å². The number of hydrogen-bond acceptors (Lipinski definition) is 3. The Hall–Kier alpha value is -1.92. The molecule has 0 saturated carbocycles. The first kappa shape index (κ1) is 15.5. The van der Waals surface area contributed by atoms with Gasteiger partial charge in [-0.2, -0.15) is 0 Å². The summed E-state index contributed by atoms with van der Waals surface area (Å²) in [6.45, 7) is 1.82. The van der Waals surface area contributed by atoms with Crippen LogP contribution in [0.4, 0.5) is 10.1 Å². The summed E-state index contributed by atoms with van der Waals surface area (Å²) < 4.78 is 40.4. The second kappa shape index (κ2) is 6.24. The van der Waals surface area contributed by atoms with Gasteiger partial charge in [0.2, 0.25) is 10.0 Å². The fourth-order valence-corrected chi connectivity index (χ4v) is 3.31. The topological polar surface area (TPSA) is 72.2 Å². The lowest BCUT2D eigenvalue weighted by Gasteiger charge is -2.10. The fraction of sp³-hybridized carbons (Fsp3) is 0.200. The Balaban J connectivity index is 2.08. The number of hydrogen-bond donors (Lipinski definition) is 2. The van der Waals surface area contributed by atoms with Crippen LogP contribution in [-0.4, -0.2) is 15.0 Å². The number of sulfonamides is 1. The number of nitrogens with one attached hydrogen (secondary N) is 1. The Morgan fingerprint density at radius 3 is 2.62 bits per heavy atom. The molecule has 0 heterocycles. The molecule has 3 N–H and O–H groups in total. The second-order valence-corrected chi connectivity index (χ2v) is 6.50. The molecule has 4 nitrogen and oxygen atoms in total. The van der Waals surface area contributed by atoms with Gasteiger partial charge in [0, 0.05) is 12.2 Å². The van der Waals surface area contributed by atoms with Crippen molar-refractivity contribution >= 4 is 15.7 Å². The maximum absolute atomic E-state index is 13.5. The lowest BCUT2D eigenvalue weighted by molar-refractivity contribution is 0.577. The van der Waals surface area contributed by atoms with Crippen molar-refractivity contribution in [2.45, 2.75) is 18.2 Å². The van der Waals surface area contributed by atoms with E-state index >= 15 is 0 Å². The van der Waals surface area contributed by atoms with E-state index in [2.05, 4.69) is 4.72 Å². The van der Waals surface area contributed by atoms with Crippen LogP contribution < -0.4 is 10.5 Å². The first-order valence-corrected chi connectivity index (χ1v) is 7.97. The van der Waals surface area contributed by atoms with Crippen molar-refractivity contribution in [2.24, 2.45) is 0 Å². The first-order chi connectivity index (χ1) is 9.90. The number of nitrogen functional groups attached to an aromatic ring is 1. The van der Waals surface area contributed by atoms with Crippen molar-refractivity contribution in [1.29, 1.82) is 0 Å². The molecule has 0 atom stereocenters. The standard InChI is InChI=1S/C15H17FN2O2S/c1-11-6-7-13(17)10-15(11)21(19,20)18-9-8-12-4-2-3-5-14(12)16/h2-7,10,18H,8-9,17H2,1H3. The minimum Gasteiger partial charge on any atom is -0.399 e. The molecule has 0 aromatic heterocycles. The molecule has 21 heavy (non-hydrogen) atoms. The summed E-state index contributed by atoms with van der Waals surface area (Å²) in [6, 6.07) is 11.0. The maximum Gasteiger partial charge on any atom is 0.240 e. The van der Waals surface area contributed by atoms with Crippen LogP contribution in [0, 0.1) is 12.7 Å². The maximum atomic E-state index is 13.5. The Kier molecular flexibility index (Phi) is 4.59. The number of nitrogens with two attached hydrogens (primary N) is 1. The molecule has 0 radical (unpaired) electrons. The highest BCUT2D eigenvalue weighted by atomic mass is 32.2. The monoisotopic (exact) mass is 308 g/mol. The van der Waals surface area contributed by atoms with E-state index in [4.69, 9.17) is 5.73 Å². The highest BCUT2D eigenvalue weighted by molar-refractivity contribution is 7.89. The summed E-state index contributed by atoms with van der Waals surface area (Å²) >= 11 is 0. The lowest BCUT2D eigenvalue weighted by atomic mass is 10.1. The lowest BCUT2D eigenvalue weighted by Crippen LogP contribution is -2.27. The third kappa shape index (κ3) is 3.80. The Labute approximate surface area is 123 Å². The second-order valence-electron chi connectivity index (χ2n) is 4.76. The highest BCUT2D eigenvalue weighted by Gasteiger charge is 2.16. The molecule has 2 rings (SSSR count). The van der Waals surface area contributed by atoms with Gasteiger partial charge >= 0.3 is 0 Å². The largest absolute Gasteiger partial charge is 0.399 e. The molecular formula is C15H17FN2O2S. The molecule has 112 valence electrons. The van der Waals surface area contributed by atoms with Gasteiger partial charge in [-0.1, -0.05) is 24.3 Å². The van der Waals surface area contributed by atoms with Crippen molar-refractivity contribution in [3.05, 3.63) is 59.4 Å². The van der Waals surface area contributed by atoms with E-state index in [9.17, 15) is 12.8 Å². The Morgan fingerprint density at radius 2 is 1.90 bits per heavy atom. The summed E-state index contributed by atoms with van der Waals surface area (Å²) in [5.74, 6) is -0.336.